The number of hydrogen-bond acceptors (Lipinski definition) is 3. The third-order valence-electron chi connectivity index (χ3n) is 4.33. The summed E-state index contributed by atoms with van der Waals surface area (Å²) in [5.41, 5.74) is 1.15. The highest BCUT2D eigenvalue weighted by Gasteiger charge is 2.16. The van der Waals surface area contributed by atoms with Gasteiger partial charge in [0.15, 0.2) is 0 Å². The summed E-state index contributed by atoms with van der Waals surface area (Å²) in [7, 11) is 1.85. The summed E-state index contributed by atoms with van der Waals surface area (Å²) >= 11 is 0. The van der Waals surface area contributed by atoms with E-state index in [0.29, 0.717) is 13.1 Å². The number of carbonyl (C=O) groups excluding carboxylic acids is 1. The molecule has 3 rings (SSSR count). The number of fused-ring (bicyclic) bond motifs is 1. The lowest BCUT2D eigenvalue weighted by molar-refractivity contribution is -0.129. The number of carbonyl (C=O) groups is 1. The van der Waals surface area contributed by atoms with Crippen LogP contribution < -0.4 is 5.32 Å². The Bertz CT molecular complexity index is 665. The number of nitrogens with one attached hydrogen (secondary N) is 1. The maximum absolute atomic E-state index is 12.2. The van der Waals surface area contributed by atoms with Crippen molar-refractivity contribution in [2.45, 2.75) is 25.5 Å². The summed E-state index contributed by atoms with van der Waals surface area (Å²) in [5, 5.41) is 5.64. The largest absolute Gasteiger partial charge is 0.377 e. The zero-order valence-corrected chi connectivity index (χ0v) is 13.6. The van der Waals surface area contributed by atoms with E-state index in [4.69, 9.17) is 4.74 Å². The van der Waals surface area contributed by atoms with Crippen LogP contribution in [-0.4, -0.2) is 43.7 Å². The molecule has 1 amide bonds. The van der Waals surface area contributed by atoms with Crippen LogP contribution in [0.25, 0.3) is 10.8 Å². The molecule has 1 atom stereocenters. The van der Waals surface area contributed by atoms with E-state index < -0.39 is 0 Å². The molecule has 0 radical (unpaired) electrons. The Labute approximate surface area is 137 Å². The Morgan fingerprint density at radius 1 is 1.26 bits per heavy atom. The van der Waals surface area contributed by atoms with Crippen molar-refractivity contribution < 1.29 is 9.53 Å². The van der Waals surface area contributed by atoms with Crippen LogP contribution >= 0.6 is 0 Å². The predicted molar refractivity (Wildman–Crippen MR) is 92.3 cm³/mol. The van der Waals surface area contributed by atoms with Gasteiger partial charge in [0.25, 0.3) is 0 Å². The average molecular weight is 312 g/mol. The first-order valence-corrected chi connectivity index (χ1v) is 8.26. The van der Waals surface area contributed by atoms with Gasteiger partial charge in [0.05, 0.1) is 12.6 Å². The van der Waals surface area contributed by atoms with E-state index in [1.54, 1.807) is 4.90 Å². The fraction of sp³-hybridized carbons (Fsp3) is 0.421. The van der Waals surface area contributed by atoms with E-state index in [-0.39, 0.29) is 12.0 Å². The minimum Gasteiger partial charge on any atom is -0.377 e. The first-order valence-electron chi connectivity index (χ1n) is 8.26. The summed E-state index contributed by atoms with van der Waals surface area (Å²) in [5.74, 6) is 0.108. The van der Waals surface area contributed by atoms with Gasteiger partial charge in [-0.15, -0.1) is 0 Å². The van der Waals surface area contributed by atoms with Gasteiger partial charge in [-0.1, -0.05) is 36.4 Å². The van der Waals surface area contributed by atoms with E-state index in [2.05, 4.69) is 35.6 Å². The van der Waals surface area contributed by atoms with E-state index >= 15 is 0 Å². The molecule has 1 N–H and O–H groups in total. The van der Waals surface area contributed by atoms with Crippen molar-refractivity contribution in [2.75, 3.05) is 26.7 Å². The quantitative estimate of drug-likeness (QED) is 0.891. The Kier molecular flexibility index (Phi) is 5.26. The van der Waals surface area contributed by atoms with E-state index in [1.165, 1.54) is 10.8 Å². The van der Waals surface area contributed by atoms with Crippen LogP contribution in [0, 0.1) is 0 Å². The van der Waals surface area contributed by atoms with Gasteiger partial charge in [0.1, 0.15) is 0 Å². The molecule has 4 heteroatoms. The molecule has 4 nitrogen and oxygen atoms in total. The number of rotatable bonds is 6. The van der Waals surface area contributed by atoms with Gasteiger partial charge in [-0.2, -0.15) is 0 Å². The molecular formula is C19H24N2O2. The monoisotopic (exact) mass is 312 g/mol. The van der Waals surface area contributed by atoms with Crippen LogP contribution in [0.1, 0.15) is 18.4 Å². The number of amides is 1. The van der Waals surface area contributed by atoms with Crippen LogP contribution in [0.3, 0.4) is 0 Å². The molecule has 1 aliphatic rings. The lowest BCUT2D eigenvalue weighted by atomic mass is 10.1. The molecular weight excluding hydrogens is 288 g/mol. The lowest BCUT2D eigenvalue weighted by Crippen LogP contribution is -2.38. The first kappa shape index (κ1) is 16.0. The molecule has 1 fully saturated rings. The minimum absolute atomic E-state index is 0.108. The molecule has 23 heavy (non-hydrogen) atoms. The molecule has 0 saturated carbocycles. The predicted octanol–water partition coefficient (Wildman–Crippen LogP) is 2.57. The summed E-state index contributed by atoms with van der Waals surface area (Å²) < 4.78 is 5.54. The number of likely N-dealkylation sites (N-methyl/N-ethyl adjacent to an activating group) is 1. The first-order chi connectivity index (χ1) is 11.2. The van der Waals surface area contributed by atoms with E-state index in [9.17, 15) is 4.79 Å². The smallest absolute Gasteiger partial charge is 0.236 e. The molecule has 1 saturated heterocycles. The van der Waals surface area contributed by atoms with Crippen molar-refractivity contribution in [3.8, 4) is 0 Å². The maximum Gasteiger partial charge on any atom is 0.236 e. The molecule has 0 bridgehead atoms. The fourth-order valence-corrected chi connectivity index (χ4v) is 2.98. The number of benzene rings is 2. The van der Waals surface area contributed by atoms with Crippen molar-refractivity contribution in [3.63, 3.8) is 0 Å². The van der Waals surface area contributed by atoms with Crippen molar-refractivity contribution in [1.82, 2.24) is 10.2 Å². The summed E-state index contributed by atoms with van der Waals surface area (Å²) in [6.07, 6.45) is 2.49. The highest BCUT2D eigenvalue weighted by Crippen LogP contribution is 2.16. The summed E-state index contributed by atoms with van der Waals surface area (Å²) in [6.45, 7) is 2.60. The molecule has 2 aromatic carbocycles. The zero-order valence-electron chi connectivity index (χ0n) is 13.6. The van der Waals surface area contributed by atoms with Crippen molar-refractivity contribution >= 4 is 16.7 Å². The van der Waals surface area contributed by atoms with Gasteiger partial charge >= 0.3 is 0 Å². The summed E-state index contributed by atoms with van der Waals surface area (Å²) in [6, 6.07) is 14.6. The number of ether oxygens (including phenoxy) is 1. The molecule has 1 heterocycles. The molecule has 0 spiro atoms. The van der Waals surface area contributed by atoms with Gasteiger partial charge in [0, 0.05) is 26.7 Å². The highest BCUT2D eigenvalue weighted by molar-refractivity contribution is 5.83. The van der Waals surface area contributed by atoms with E-state index in [1.807, 2.05) is 19.2 Å². The third kappa shape index (κ3) is 4.30. The van der Waals surface area contributed by atoms with Gasteiger partial charge in [0.2, 0.25) is 5.91 Å². The fourth-order valence-electron chi connectivity index (χ4n) is 2.98. The minimum atomic E-state index is 0.108. The highest BCUT2D eigenvalue weighted by atomic mass is 16.5. The molecule has 0 aromatic heterocycles. The molecule has 0 aliphatic carbocycles. The average Bonchev–Trinajstić information content (AvgIpc) is 3.08. The SMILES string of the molecule is CN(Cc1ccc2ccccc2c1)C(=O)CNCC1CCCO1. The standard InChI is InChI=1S/C19H24N2O2/c1-21(19(22)13-20-12-18-7-4-10-23-18)14-15-8-9-16-5-2-3-6-17(16)11-15/h2-3,5-6,8-9,11,18,20H,4,7,10,12-14H2,1H3. The maximum atomic E-state index is 12.2. The zero-order chi connectivity index (χ0) is 16.1. The number of nitrogens with zero attached hydrogens (tertiary/aromatic N) is 1. The van der Waals surface area contributed by atoms with Crippen molar-refractivity contribution in [2.24, 2.45) is 0 Å². The van der Waals surface area contributed by atoms with Crippen molar-refractivity contribution in [1.29, 1.82) is 0 Å². The van der Waals surface area contributed by atoms with Crippen LogP contribution in [0.15, 0.2) is 42.5 Å². The van der Waals surface area contributed by atoms with E-state index in [0.717, 1.165) is 31.6 Å². The van der Waals surface area contributed by atoms with Crippen LogP contribution in [0.5, 0.6) is 0 Å². The second kappa shape index (κ2) is 7.57. The van der Waals surface area contributed by atoms with Gasteiger partial charge in [-0.3, -0.25) is 4.79 Å². The van der Waals surface area contributed by atoms with Gasteiger partial charge in [-0.25, -0.2) is 0 Å². The Morgan fingerprint density at radius 3 is 2.87 bits per heavy atom. The third-order valence-corrected chi connectivity index (χ3v) is 4.33. The lowest BCUT2D eigenvalue weighted by Gasteiger charge is -2.19. The molecule has 122 valence electrons. The summed E-state index contributed by atoms with van der Waals surface area (Å²) in [4.78, 5) is 14.0. The Balaban J connectivity index is 1.50. The van der Waals surface area contributed by atoms with Crippen LogP contribution in [0.2, 0.25) is 0 Å². The number of hydrogen-bond donors (Lipinski definition) is 1. The molecule has 1 aliphatic heterocycles. The second-order valence-electron chi connectivity index (χ2n) is 6.20. The van der Waals surface area contributed by atoms with Gasteiger partial charge in [-0.05, 0) is 35.2 Å². The Hall–Kier alpha value is -1.91. The van der Waals surface area contributed by atoms with Gasteiger partial charge < -0.3 is 15.0 Å². The molecule has 1 unspecified atom stereocenters. The Morgan fingerprint density at radius 2 is 2.09 bits per heavy atom. The normalized spacial score (nSPS) is 17.5. The van der Waals surface area contributed by atoms with Crippen LogP contribution in [-0.2, 0) is 16.1 Å². The van der Waals surface area contributed by atoms with Crippen LogP contribution in [0.4, 0.5) is 0 Å². The molecule has 2 aromatic rings. The topological polar surface area (TPSA) is 41.6 Å². The second-order valence-corrected chi connectivity index (χ2v) is 6.20. The van der Waals surface area contributed by atoms with Crippen molar-refractivity contribution in [3.05, 3.63) is 48.0 Å².